The summed E-state index contributed by atoms with van der Waals surface area (Å²) < 4.78 is 6.05. The van der Waals surface area contributed by atoms with Gasteiger partial charge in [0.25, 0.3) is 0 Å². The summed E-state index contributed by atoms with van der Waals surface area (Å²) in [5.74, 6) is 1.48. The molecule has 0 spiro atoms. The predicted octanol–water partition coefficient (Wildman–Crippen LogP) is 6.54. The summed E-state index contributed by atoms with van der Waals surface area (Å²) in [5, 5.41) is 19.7. The summed E-state index contributed by atoms with van der Waals surface area (Å²) in [7, 11) is 0. The highest BCUT2D eigenvalue weighted by Gasteiger charge is 2.36. The van der Waals surface area contributed by atoms with Gasteiger partial charge in [0.2, 0.25) is 0 Å². The van der Waals surface area contributed by atoms with Crippen molar-refractivity contribution in [3.05, 3.63) is 88.5 Å². The first-order chi connectivity index (χ1) is 14.5. The third kappa shape index (κ3) is 4.02. The zero-order chi connectivity index (χ0) is 21.1. The molecular weight excluding hydrogens is 372 g/mol. The Balaban J connectivity index is 1.63. The number of hydrogen-bond donors (Lipinski definition) is 2. The van der Waals surface area contributed by atoms with Crippen LogP contribution in [0.15, 0.2) is 60.7 Å². The van der Waals surface area contributed by atoms with Crippen molar-refractivity contribution in [3.8, 4) is 17.2 Å². The molecule has 4 rings (SSSR count). The number of rotatable bonds is 5. The average molecular weight is 403 g/mol. The number of aryl methyl sites for hydroxylation is 2. The summed E-state index contributed by atoms with van der Waals surface area (Å²) in [6, 6.07) is 19.8. The van der Waals surface area contributed by atoms with Crippen molar-refractivity contribution in [2.24, 2.45) is 0 Å². The summed E-state index contributed by atoms with van der Waals surface area (Å²) in [4.78, 5) is 0. The first-order valence-electron chi connectivity index (χ1n) is 10.8. The van der Waals surface area contributed by atoms with Crippen LogP contribution in [0.4, 0.5) is 0 Å². The number of ether oxygens (including phenoxy) is 1. The van der Waals surface area contributed by atoms with E-state index in [0.717, 1.165) is 35.3 Å². The van der Waals surface area contributed by atoms with Gasteiger partial charge in [0.15, 0.2) is 0 Å². The van der Waals surface area contributed by atoms with Crippen molar-refractivity contribution in [1.29, 1.82) is 0 Å². The summed E-state index contributed by atoms with van der Waals surface area (Å²) in [6.45, 7) is 4.50. The number of phenolic OH excluding ortho intramolecular Hbond substituents is 2. The van der Waals surface area contributed by atoms with Gasteiger partial charge in [-0.05, 0) is 78.8 Å². The molecule has 1 aliphatic carbocycles. The second-order valence-electron chi connectivity index (χ2n) is 8.58. The van der Waals surface area contributed by atoms with Crippen LogP contribution in [0.5, 0.6) is 17.2 Å². The van der Waals surface area contributed by atoms with Gasteiger partial charge >= 0.3 is 0 Å². The van der Waals surface area contributed by atoms with Crippen molar-refractivity contribution < 1.29 is 14.9 Å². The van der Waals surface area contributed by atoms with Crippen LogP contribution in [-0.4, -0.2) is 10.2 Å². The molecule has 0 aliphatic heterocycles. The standard InChI is InChI=1S/C27H30O3/c1-19-15-22(9-11-25(19)29)27(13-4-3-5-14-27)23-10-12-26(20(2)16-23)30-18-21-7-6-8-24(28)17-21/h6-12,15-17,28-29H,3-5,13-14,18H2,1-2H3. The van der Waals surface area contributed by atoms with Crippen molar-refractivity contribution in [1.82, 2.24) is 0 Å². The lowest BCUT2D eigenvalue weighted by Crippen LogP contribution is -2.30. The molecule has 0 saturated heterocycles. The molecule has 0 atom stereocenters. The lowest BCUT2D eigenvalue weighted by Gasteiger charge is -2.39. The van der Waals surface area contributed by atoms with Gasteiger partial charge in [0, 0.05) is 5.41 Å². The van der Waals surface area contributed by atoms with E-state index in [-0.39, 0.29) is 11.2 Å². The van der Waals surface area contributed by atoms with Crippen LogP contribution in [0.3, 0.4) is 0 Å². The zero-order valence-electron chi connectivity index (χ0n) is 17.8. The highest BCUT2D eigenvalue weighted by Crippen LogP contribution is 2.46. The number of hydrogen-bond acceptors (Lipinski definition) is 3. The van der Waals surface area contributed by atoms with Crippen molar-refractivity contribution in [2.75, 3.05) is 0 Å². The van der Waals surface area contributed by atoms with Crippen LogP contribution in [0.1, 0.15) is 59.9 Å². The van der Waals surface area contributed by atoms with Gasteiger partial charge in [-0.2, -0.15) is 0 Å². The molecule has 3 heteroatoms. The van der Waals surface area contributed by atoms with E-state index >= 15 is 0 Å². The fraction of sp³-hybridized carbons (Fsp3) is 0.333. The molecule has 3 aromatic carbocycles. The third-order valence-corrected chi connectivity index (χ3v) is 6.49. The minimum absolute atomic E-state index is 0.00871. The van der Waals surface area contributed by atoms with Crippen LogP contribution in [0.2, 0.25) is 0 Å². The van der Waals surface area contributed by atoms with Gasteiger partial charge in [0.1, 0.15) is 23.9 Å². The normalized spacial score (nSPS) is 15.7. The lowest BCUT2D eigenvalue weighted by molar-refractivity contribution is 0.302. The SMILES string of the molecule is Cc1cc(C2(c3ccc(OCc4cccc(O)c4)c(C)c3)CCCCC2)ccc1O. The summed E-state index contributed by atoms with van der Waals surface area (Å²) >= 11 is 0. The van der Waals surface area contributed by atoms with Crippen LogP contribution in [-0.2, 0) is 12.0 Å². The zero-order valence-corrected chi connectivity index (χ0v) is 17.8. The largest absolute Gasteiger partial charge is 0.508 e. The molecule has 3 nitrogen and oxygen atoms in total. The van der Waals surface area contributed by atoms with E-state index in [2.05, 4.69) is 37.3 Å². The molecule has 1 saturated carbocycles. The molecule has 0 bridgehead atoms. The fourth-order valence-corrected chi connectivity index (χ4v) is 4.77. The fourth-order valence-electron chi connectivity index (χ4n) is 4.77. The molecule has 0 radical (unpaired) electrons. The number of benzene rings is 3. The Morgan fingerprint density at radius 2 is 1.50 bits per heavy atom. The molecule has 3 aromatic rings. The van der Waals surface area contributed by atoms with Crippen LogP contribution < -0.4 is 4.74 Å². The summed E-state index contributed by atoms with van der Waals surface area (Å²) in [6.07, 6.45) is 5.96. The molecule has 1 aliphatic rings. The van der Waals surface area contributed by atoms with Crippen LogP contribution in [0.25, 0.3) is 0 Å². The Kier molecular flexibility index (Phi) is 5.72. The monoisotopic (exact) mass is 402 g/mol. The average Bonchev–Trinajstić information content (AvgIpc) is 2.75. The first kappa shape index (κ1) is 20.3. The smallest absolute Gasteiger partial charge is 0.122 e. The van der Waals surface area contributed by atoms with E-state index in [4.69, 9.17) is 4.74 Å². The lowest BCUT2D eigenvalue weighted by atomic mass is 9.65. The van der Waals surface area contributed by atoms with Crippen LogP contribution >= 0.6 is 0 Å². The Bertz CT molecular complexity index is 1030. The van der Waals surface area contributed by atoms with E-state index in [1.54, 1.807) is 12.1 Å². The predicted molar refractivity (Wildman–Crippen MR) is 120 cm³/mol. The Hall–Kier alpha value is -2.94. The second kappa shape index (κ2) is 8.43. The van der Waals surface area contributed by atoms with E-state index in [0.29, 0.717) is 12.4 Å². The molecule has 156 valence electrons. The minimum atomic E-state index is -0.00871. The van der Waals surface area contributed by atoms with Gasteiger partial charge in [-0.3, -0.25) is 0 Å². The minimum Gasteiger partial charge on any atom is -0.508 e. The number of aromatic hydroxyl groups is 2. The molecule has 30 heavy (non-hydrogen) atoms. The Labute approximate surface area is 179 Å². The van der Waals surface area contributed by atoms with Crippen LogP contribution in [0, 0.1) is 13.8 Å². The summed E-state index contributed by atoms with van der Waals surface area (Å²) in [5.41, 5.74) is 5.61. The molecular formula is C27H30O3. The first-order valence-corrected chi connectivity index (χ1v) is 10.8. The Morgan fingerprint density at radius 3 is 2.17 bits per heavy atom. The van der Waals surface area contributed by atoms with Gasteiger partial charge in [-0.15, -0.1) is 0 Å². The third-order valence-electron chi connectivity index (χ3n) is 6.49. The second-order valence-corrected chi connectivity index (χ2v) is 8.58. The quantitative estimate of drug-likeness (QED) is 0.509. The molecule has 2 N–H and O–H groups in total. The van der Waals surface area contributed by atoms with Gasteiger partial charge < -0.3 is 14.9 Å². The maximum atomic E-state index is 10.0. The molecule has 0 unspecified atom stereocenters. The molecule has 0 heterocycles. The van der Waals surface area contributed by atoms with E-state index in [9.17, 15) is 10.2 Å². The van der Waals surface area contributed by atoms with E-state index in [1.807, 2.05) is 25.1 Å². The van der Waals surface area contributed by atoms with Crippen molar-refractivity contribution in [2.45, 2.75) is 58.0 Å². The molecule has 0 aromatic heterocycles. The van der Waals surface area contributed by atoms with Gasteiger partial charge in [-0.25, -0.2) is 0 Å². The highest BCUT2D eigenvalue weighted by atomic mass is 16.5. The van der Waals surface area contributed by atoms with Crippen molar-refractivity contribution >= 4 is 0 Å². The van der Waals surface area contributed by atoms with E-state index in [1.165, 1.54) is 30.4 Å². The van der Waals surface area contributed by atoms with E-state index < -0.39 is 0 Å². The topological polar surface area (TPSA) is 49.7 Å². The van der Waals surface area contributed by atoms with Crippen molar-refractivity contribution in [3.63, 3.8) is 0 Å². The van der Waals surface area contributed by atoms with Gasteiger partial charge in [0.05, 0.1) is 0 Å². The van der Waals surface area contributed by atoms with Gasteiger partial charge in [-0.1, -0.05) is 55.7 Å². The molecule has 1 fully saturated rings. The Morgan fingerprint density at radius 1 is 0.800 bits per heavy atom. The maximum absolute atomic E-state index is 10.0. The maximum Gasteiger partial charge on any atom is 0.122 e. The molecule has 0 amide bonds. The highest BCUT2D eigenvalue weighted by molar-refractivity contribution is 5.48. The number of phenols is 2.